The van der Waals surface area contributed by atoms with Crippen LogP contribution in [0.2, 0.25) is 0 Å². The molecule has 0 aliphatic heterocycles. The lowest BCUT2D eigenvalue weighted by Crippen LogP contribution is -2.15. The van der Waals surface area contributed by atoms with Gasteiger partial charge in [0.1, 0.15) is 0 Å². The molecular formula is C12H25O4P. The van der Waals surface area contributed by atoms with Crippen molar-refractivity contribution in [2.24, 2.45) is 5.92 Å². The van der Waals surface area contributed by atoms with E-state index in [4.69, 9.17) is 13.8 Å². The van der Waals surface area contributed by atoms with Crippen LogP contribution in [0.15, 0.2) is 11.9 Å². The zero-order valence-corrected chi connectivity index (χ0v) is 12.4. The van der Waals surface area contributed by atoms with Crippen LogP contribution in [0, 0.1) is 5.92 Å². The molecular weight excluding hydrogens is 239 g/mol. The molecule has 0 radical (unpaired) electrons. The van der Waals surface area contributed by atoms with E-state index in [-0.39, 0.29) is 6.10 Å². The molecule has 5 heteroatoms. The summed E-state index contributed by atoms with van der Waals surface area (Å²) in [4.78, 5) is 0. The lowest BCUT2D eigenvalue weighted by Gasteiger charge is -2.17. The average molecular weight is 264 g/mol. The highest BCUT2D eigenvalue weighted by atomic mass is 31.2. The highest BCUT2D eigenvalue weighted by molar-refractivity contribution is 7.57. The van der Waals surface area contributed by atoms with Gasteiger partial charge in [0.15, 0.2) is 0 Å². The minimum absolute atomic E-state index is 0.179. The van der Waals surface area contributed by atoms with Crippen molar-refractivity contribution in [3.8, 4) is 0 Å². The summed E-state index contributed by atoms with van der Waals surface area (Å²) in [5.41, 5.74) is 0. The SMILES string of the molecule is CCOP(=O)(C=CCC(C)C(C)OC)OCC. The van der Waals surface area contributed by atoms with Crippen LogP contribution in [0.4, 0.5) is 0 Å². The summed E-state index contributed by atoms with van der Waals surface area (Å²) >= 11 is 0. The molecule has 0 saturated heterocycles. The first-order chi connectivity index (χ1) is 7.99. The maximum Gasteiger partial charge on any atom is 0.353 e. The van der Waals surface area contributed by atoms with Gasteiger partial charge in [-0.05, 0) is 33.1 Å². The van der Waals surface area contributed by atoms with Crippen molar-refractivity contribution < 1.29 is 18.3 Å². The fourth-order valence-electron chi connectivity index (χ4n) is 1.31. The Labute approximate surface area is 105 Å². The first-order valence-corrected chi connectivity index (χ1v) is 7.69. The van der Waals surface area contributed by atoms with E-state index in [9.17, 15) is 4.57 Å². The van der Waals surface area contributed by atoms with Crippen LogP contribution < -0.4 is 0 Å². The third-order valence-electron chi connectivity index (χ3n) is 2.59. The van der Waals surface area contributed by atoms with E-state index in [1.165, 1.54) is 0 Å². The van der Waals surface area contributed by atoms with E-state index in [1.807, 2.05) is 13.0 Å². The van der Waals surface area contributed by atoms with Gasteiger partial charge < -0.3 is 13.8 Å². The number of hydrogen-bond acceptors (Lipinski definition) is 4. The predicted molar refractivity (Wildman–Crippen MR) is 70.3 cm³/mol. The lowest BCUT2D eigenvalue weighted by molar-refractivity contribution is 0.0748. The van der Waals surface area contributed by atoms with Crippen molar-refractivity contribution in [3.63, 3.8) is 0 Å². The maximum atomic E-state index is 12.1. The fourth-order valence-corrected chi connectivity index (χ4v) is 2.66. The van der Waals surface area contributed by atoms with E-state index in [0.29, 0.717) is 19.1 Å². The van der Waals surface area contributed by atoms with Crippen molar-refractivity contribution in [3.05, 3.63) is 11.9 Å². The van der Waals surface area contributed by atoms with Crippen molar-refractivity contribution in [1.29, 1.82) is 0 Å². The predicted octanol–water partition coefficient (Wildman–Crippen LogP) is 3.83. The highest BCUT2D eigenvalue weighted by Crippen LogP contribution is 2.49. The topological polar surface area (TPSA) is 44.8 Å². The van der Waals surface area contributed by atoms with Gasteiger partial charge in [-0.1, -0.05) is 13.0 Å². The molecule has 2 atom stereocenters. The average Bonchev–Trinajstić information content (AvgIpc) is 2.28. The molecule has 0 rings (SSSR count). The van der Waals surface area contributed by atoms with Gasteiger partial charge in [0, 0.05) is 12.9 Å². The van der Waals surface area contributed by atoms with Gasteiger partial charge in [0.25, 0.3) is 0 Å². The molecule has 2 unspecified atom stereocenters. The summed E-state index contributed by atoms with van der Waals surface area (Å²) in [6, 6.07) is 0. The molecule has 0 amide bonds. The summed E-state index contributed by atoms with van der Waals surface area (Å²) in [6.45, 7) is 8.47. The molecule has 0 N–H and O–H groups in total. The highest BCUT2D eigenvalue weighted by Gasteiger charge is 2.19. The minimum atomic E-state index is -3.04. The van der Waals surface area contributed by atoms with Crippen molar-refractivity contribution in [1.82, 2.24) is 0 Å². The molecule has 17 heavy (non-hydrogen) atoms. The third-order valence-corrected chi connectivity index (χ3v) is 4.40. The Kier molecular flexibility index (Phi) is 8.79. The Morgan fingerprint density at radius 1 is 1.18 bits per heavy atom. The molecule has 0 aliphatic carbocycles. The van der Waals surface area contributed by atoms with Crippen LogP contribution in [0.3, 0.4) is 0 Å². The molecule has 0 fully saturated rings. The van der Waals surface area contributed by atoms with Crippen LogP contribution in [0.5, 0.6) is 0 Å². The Bertz CT molecular complexity index is 255. The molecule has 0 aliphatic rings. The van der Waals surface area contributed by atoms with Gasteiger partial charge in [0.05, 0.1) is 19.3 Å². The van der Waals surface area contributed by atoms with Gasteiger partial charge in [0.2, 0.25) is 0 Å². The quantitative estimate of drug-likeness (QED) is 0.594. The standard InChI is InChI=1S/C12H25O4P/c1-6-15-17(13,16-7-2)10-8-9-11(3)12(4)14-5/h8,10-12H,6-7,9H2,1-5H3. The minimum Gasteiger partial charge on any atom is -0.381 e. The number of allylic oxidation sites excluding steroid dienone is 1. The van der Waals surface area contributed by atoms with Gasteiger partial charge in [-0.3, -0.25) is 4.57 Å². The first kappa shape index (κ1) is 16.9. The maximum absolute atomic E-state index is 12.1. The summed E-state index contributed by atoms with van der Waals surface area (Å²) in [5, 5.41) is 0. The molecule has 0 spiro atoms. The molecule has 0 aromatic rings. The van der Waals surface area contributed by atoms with Gasteiger partial charge in [-0.2, -0.15) is 0 Å². The molecule has 0 heterocycles. The summed E-state index contributed by atoms with van der Waals surface area (Å²) < 4.78 is 27.6. The Balaban J connectivity index is 4.31. The second-order valence-corrected chi connectivity index (χ2v) is 5.81. The number of rotatable bonds is 9. The van der Waals surface area contributed by atoms with Crippen molar-refractivity contribution >= 4 is 7.60 Å². The van der Waals surface area contributed by atoms with E-state index in [0.717, 1.165) is 6.42 Å². The van der Waals surface area contributed by atoms with Gasteiger partial charge in [-0.15, -0.1) is 0 Å². The van der Waals surface area contributed by atoms with Gasteiger partial charge >= 0.3 is 7.60 Å². The molecule has 102 valence electrons. The molecule has 0 saturated carbocycles. The zero-order valence-electron chi connectivity index (χ0n) is 11.5. The van der Waals surface area contributed by atoms with E-state index < -0.39 is 7.60 Å². The Morgan fingerprint density at radius 2 is 1.71 bits per heavy atom. The van der Waals surface area contributed by atoms with Crippen LogP contribution in [0.1, 0.15) is 34.1 Å². The molecule has 0 aromatic carbocycles. The fraction of sp³-hybridized carbons (Fsp3) is 0.833. The van der Waals surface area contributed by atoms with Crippen LogP contribution in [-0.2, 0) is 18.3 Å². The Hall–Kier alpha value is -0.150. The summed E-state index contributed by atoms with van der Waals surface area (Å²) in [7, 11) is -1.34. The smallest absolute Gasteiger partial charge is 0.353 e. The lowest BCUT2D eigenvalue weighted by atomic mass is 10.0. The monoisotopic (exact) mass is 264 g/mol. The second kappa shape index (κ2) is 8.87. The van der Waals surface area contributed by atoms with E-state index in [1.54, 1.807) is 26.8 Å². The van der Waals surface area contributed by atoms with Crippen LogP contribution in [0.25, 0.3) is 0 Å². The first-order valence-electron chi connectivity index (χ1n) is 6.08. The Morgan fingerprint density at radius 3 is 2.12 bits per heavy atom. The number of ether oxygens (including phenoxy) is 1. The van der Waals surface area contributed by atoms with Crippen molar-refractivity contribution in [2.45, 2.75) is 40.2 Å². The third kappa shape index (κ3) is 6.99. The van der Waals surface area contributed by atoms with Gasteiger partial charge in [-0.25, -0.2) is 0 Å². The summed E-state index contributed by atoms with van der Waals surface area (Å²) in [5.74, 6) is 1.92. The van der Waals surface area contributed by atoms with E-state index in [2.05, 4.69) is 6.92 Å². The largest absolute Gasteiger partial charge is 0.381 e. The molecule has 4 nitrogen and oxygen atoms in total. The number of hydrogen-bond donors (Lipinski definition) is 0. The van der Waals surface area contributed by atoms with Crippen molar-refractivity contribution in [2.75, 3.05) is 20.3 Å². The second-order valence-electron chi connectivity index (χ2n) is 3.91. The zero-order chi connectivity index (χ0) is 13.3. The van der Waals surface area contributed by atoms with Crippen LogP contribution in [-0.4, -0.2) is 26.4 Å². The molecule has 0 aromatic heterocycles. The summed E-state index contributed by atoms with van der Waals surface area (Å²) in [6.07, 6.45) is 2.82. The molecule has 0 bridgehead atoms. The number of methoxy groups -OCH3 is 1. The normalized spacial score (nSPS) is 16.3. The van der Waals surface area contributed by atoms with Crippen LogP contribution >= 0.6 is 7.60 Å². The van der Waals surface area contributed by atoms with E-state index >= 15 is 0 Å².